The van der Waals surface area contributed by atoms with E-state index in [1.54, 1.807) is 40.9 Å². The number of likely N-dealkylation sites (N-methyl/N-ethyl adjacent to an activating group) is 2. The van der Waals surface area contributed by atoms with Crippen molar-refractivity contribution in [3.63, 3.8) is 0 Å². The van der Waals surface area contributed by atoms with Gasteiger partial charge in [0, 0.05) is 25.9 Å². The number of hydrogen-bond acceptors (Lipinski definition) is 5. The first-order valence-corrected chi connectivity index (χ1v) is 7.96. The van der Waals surface area contributed by atoms with Gasteiger partial charge in [-0.15, -0.1) is 12.4 Å². The van der Waals surface area contributed by atoms with Gasteiger partial charge in [0.15, 0.2) is 0 Å². The first-order valence-electron chi connectivity index (χ1n) is 7.96. The molecule has 0 saturated heterocycles. The highest BCUT2D eigenvalue weighted by atomic mass is 35.5. The zero-order valence-electron chi connectivity index (χ0n) is 14.9. The molecule has 9 heteroatoms. The summed E-state index contributed by atoms with van der Waals surface area (Å²) in [5.41, 5.74) is 2.43. The molecule has 1 atom stereocenters. The zero-order chi connectivity index (χ0) is 17.8. The van der Waals surface area contributed by atoms with E-state index in [-0.39, 0.29) is 18.3 Å². The molecule has 26 heavy (non-hydrogen) atoms. The second-order valence-electron chi connectivity index (χ2n) is 5.82. The average molecular weight is 376 g/mol. The van der Waals surface area contributed by atoms with Gasteiger partial charge in [0.1, 0.15) is 11.7 Å². The van der Waals surface area contributed by atoms with E-state index in [2.05, 4.69) is 20.6 Å². The van der Waals surface area contributed by atoms with Gasteiger partial charge in [0.2, 0.25) is 5.91 Å². The van der Waals surface area contributed by atoms with E-state index in [9.17, 15) is 4.79 Å². The summed E-state index contributed by atoms with van der Waals surface area (Å²) in [6.07, 6.45) is 5.20. The molecule has 2 heterocycles. The average Bonchev–Trinajstić information content (AvgIpc) is 3.25. The molecule has 138 valence electrons. The Kier molecular flexibility index (Phi) is 6.48. The highest BCUT2D eigenvalue weighted by Crippen LogP contribution is 2.15. The summed E-state index contributed by atoms with van der Waals surface area (Å²) in [4.78, 5) is 15.9. The molecule has 0 saturated carbocycles. The fourth-order valence-corrected chi connectivity index (χ4v) is 2.62. The summed E-state index contributed by atoms with van der Waals surface area (Å²) in [5, 5.41) is 15.9. The lowest BCUT2D eigenvalue weighted by atomic mass is 10.1. The fourth-order valence-electron chi connectivity index (χ4n) is 2.62. The van der Waals surface area contributed by atoms with Crippen molar-refractivity contribution in [2.75, 3.05) is 14.1 Å². The minimum absolute atomic E-state index is 0. The molecule has 2 aromatic heterocycles. The number of hydrogen-bond donors (Lipinski definition) is 1. The first-order chi connectivity index (χ1) is 12.1. The summed E-state index contributed by atoms with van der Waals surface area (Å²) in [6.45, 7) is 0.379. The topological polar surface area (TPSA) is 80.9 Å². The molecule has 0 spiro atoms. The van der Waals surface area contributed by atoms with Gasteiger partial charge in [0.25, 0.3) is 0 Å². The van der Waals surface area contributed by atoms with Crippen LogP contribution in [0.4, 0.5) is 0 Å². The number of benzene rings is 1. The number of carbonyl (C=O) groups is 1. The Bertz CT molecular complexity index is 846. The summed E-state index contributed by atoms with van der Waals surface area (Å²) >= 11 is 0. The van der Waals surface area contributed by atoms with Gasteiger partial charge in [-0.25, -0.2) is 0 Å². The van der Waals surface area contributed by atoms with Gasteiger partial charge in [0.05, 0.1) is 24.6 Å². The van der Waals surface area contributed by atoms with E-state index in [4.69, 9.17) is 0 Å². The molecule has 0 aliphatic heterocycles. The van der Waals surface area contributed by atoms with Crippen LogP contribution in [0.5, 0.6) is 0 Å². The predicted octanol–water partition coefficient (Wildman–Crippen LogP) is 1.34. The largest absolute Gasteiger partial charge is 0.338 e. The minimum Gasteiger partial charge on any atom is -0.338 e. The molecule has 0 radical (unpaired) electrons. The highest BCUT2D eigenvalue weighted by Gasteiger charge is 2.24. The Balaban J connectivity index is 0.00000243. The highest BCUT2D eigenvalue weighted by molar-refractivity contribution is 5.85. The van der Waals surface area contributed by atoms with Gasteiger partial charge in [-0.05, 0) is 19.2 Å². The molecule has 0 aliphatic carbocycles. The maximum Gasteiger partial charge on any atom is 0.244 e. The van der Waals surface area contributed by atoms with E-state index in [0.29, 0.717) is 6.54 Å². The summed E-state index contributed by atoms with van der Waals surface area (Å²) in [5.74, 6) is -0.0511. The number of carbonyl (C=O) groups excluding carboxylic acids is 1. The molecule has 1 N–H and O–H groups in total. The first kappa shape index (κ1) is 19.6. The maximum atomic E-state index is 12.7. The Morgan fingerprint density at radius 2 is 1.96 bits per heavy atom. The summed E-state index contributed by atoms with van der Waals surface area (Å²) in [6, 6.07) is 9.22. The van der Waals surface area contributed by atoms with Gasteiger partial charge < -0.3 is 10.2 Å². The van der Waals surface area contributed by atoms with Crippen LogP contribution in [-0.4, -0.2) is 49.7 Å². The van der Waals surface area contributed by atoms with Crippen molar-refractivity contribution in [3.8, 4) is 5.69 Å². The monoisotopic (exact) mass is 375 g/mol. The van der Waals surface area contributed by atoms with Crippen molar-refractivity contribution in [1.29, 1.82) is 0 Å². The van der Waals surface area contributed by atoms with Crippen LogP contribution in [0, 0.1) is 0 Å². The van der Waals surface area contributed by atoms with Crippen LogP contribution in [-0.2, 0) is 18.4 Å². The molecule has 0 bridgehead atoms. The van der Waals surface area contributed by atoms with Crippen LogP contribution in [0.3, 0.4) is 0 Å². The van der Waals surface area contributed by atoms with Gasteiger partial charge in [-0.1, -0.05) is 18.2 Å². The molecule has 3 rings (SSSR count). The van der Waals surface area contributed by atoms with Gasteiger partial charge >= 0.3 is 0 Å². The smallest absolute Gasteiger partial charge is 0.244 e. The molecule has 8 nitrogen and oxygen atoms in total. The number of halogens is 1. The van der Waals surface area contributed by atoms with Crippen LogP contribution in [0.25, 0.3) is 5.69 Å². The molecular weight excluding hydrogens is 354 g/mol. The lowest BCUT2D eigenvalue weighted by Gasteiger charge is -2.22. The standard InChI is InChI=1S/C17H21N7O.ClH/c1-18-16(13-9-19-23(3)11-13)17(25)22(2)12-14-10-20-24(21-14)15-7-5-4-6-8-15;/h4-11,16,18H,12H2,1-3H3;1H. The maximum absolute atomic E-state index is 12.7. The third kappa shape index (κ3) is 4.27. The third-order valence-electron chi connectivity index (χ3n) is 3.90. The van der Waals surface area contributed by atoms with E-state index in [1.165, 1.54) is 0 Å². The van der Waals surface area contributed by atoms with Crippen molar-refractivity contribution < 1.29 is 4.79 Å². The second-order valence-corrected chi connectivity index (χ2v) is 5.82. The van der Waals surface area contributed by atoms with Crippen LogP contribution in [0.1, 0.15) is 17.3 Å². The number of para-hydroxylation sites is 1. The summed E-state index contributed by atoms with van der Waals surface area (Å²) in [7, 11) is 5.34. The van der Waals surface area contributed by atoms with Crippen LogP contribution in [0.2, 0.25) is 0 Å². The Hall–Kier alpha value is -2.71. The number of nitrogens with one attached hydrogen (secondary N) is 1. The van der Waals surface area contributed by atoms with Crippen LogP contribution >= 0.6 is 12.4 Å². The van der Waals surface area contributed by atoms with Crippen molar-refractivity contribution in [2.45, 2.75) is 12.6 Å². The number of nitrogens with zero attached hydrogens (tertiary/aromatic N) is 6. The number of rotatable bonds is 6. The van der Waals surface area contributed by atoms with Crippen LogP contribution < -0.4 is 5.32 Å². The van der Waals surface area contributed by atoms with Crippen LogP contribution in [0.15, 0.2) is 48.9 Å². The summed E-state index contributed by atoms with van der Waals surface area (Å²) < 4.78 is 1.68. The third-order valence-corrected chi connectivity index (χ3v) is 3.90. The van der Waals surface area contributed by atoms with Crippen molar-refractivity contribution in [2.24, 2.45) is 7.05 Å². The Morgan fingerprint density at radius 1 is 1.23 bits per heavy atom. The molecule has 1 aromatic carbocycles. The van der Waals surface area contributed by atoms with E-state index in [0.717, 1.165) is 16.9 Å². The number of aryl methyl sites for hydroxylation is 1. The molecule has 1 unspecified atom stereocenters. The van der Waals surface area contributed by atoms with Crippen molar-refractivity contribution >= 4 is 18.3 Å². The molecule has 0 fully saturated rings. The minimum atomic E-state index is -0.442. The predicted molar refractivity (Wildman–Crippen MR) is 100 cm³/mol. The second kappa shape index (κ2) is 8.59. The molecular formula is C17H22ClN7O. The normalized spacial score (nSPS) is 11.7. The van der Waals surface area contributed by atoms with E-state index < -0.39 is 6.04 Å². The lowest BCUT2D eigenvalue weighted by Crippen LogP contribution is -2.37. The lowest BCUT2D eigenvalue weighted by molar-refractivity contribution is -0.132. The Morgan fingerprint density at radius 3 is 2.58 bits per heavy atom. The Labute approximate surface area is 158 Å². The van der Waals surface area contributed by atoms with Crippen molar-refractivity contribution in [1.82, 2.24) is 35.0 Å². The number of amides is 1. The van der Waals surface area contributed by atoms with Gasteiger partial charge in [-0.3, -0.25) is 9.48 Å². The quantitative estimate of drug-likeness (QED) is 0.703. The van der Waals surface area contributed by atoms with E-state index >= 15 is 0 Å². The number of aromatic nitrogens is 5. The van der Waals surface area contributed by atoms with Crippen molar-refractivity contribution in [3.05, 3.63) is 60.2 Å². The van der Waals surface area contributed by atoms with E-state index in [1.807, 2.05) is 43.6 Å². The SMILES string of the molecule is CNC(C(=O)N(C)Cc1cnn(-c2ccccc2)n1)c1cnn(C)c1.Cl. The molecule has 0 aliphatic rings. The fraction of sp³-hybridized carbons (Fsp3) is 0.294. The molecule has 3 aromatic rings. The zero-order valence-corrected chi connectivity index (χ0v) is 15.7. The van der Waals surface area contributed by atoms with Gasteiger partial charge in [-0.2, -0.15) is 20.1 Å². The molecule has 1 amide bonds.